The Labute approximate surface area is 229 Å². The molecule has 1 aliphatic heterocycles. The monoisotopic (exact) mass is 544 g/mol. The Morgan fingerprint density at radius 1 is 1.13 bits per heavy atom. The van der Waals surface area contributed by atoms with E-state index in [2.05, 4.69) is 15.6 Å². The van der Waals surface area contributed by atoms with Crippen molar-refractivity contribution in [2.75, 3.05) is 6.54 Å². The van der Waals surface area contributed by atoms with Gasteiger partial charge < -0.3 is 15.5 Å². The van der Waals surface area contributed by atoms with E-state index in [1.807, 2.05) is 78.2 Å². The second kappa shape index (κ2) is 11.9. The van der Waals surface area contributed by atoms with Crippen LogP contribution in [0.2, 0.25) is 0 Å². The van der Waals surface area contributed by atoms with Crippen LogP contribution in [0.1, 0.15) is 84.5 Å². The molecule has 1 aromatic carbocycles. The zero-order chi connectivity index (χ0) is 28.3. The molecule has 2 aromatic rings. The molecule has 3 atom stereocenters. The Balaban J connectivity index is 0.00000195. The van der Waals surface area contributed by atoms with E-state index < -0.39 is 29.1 Å². The van der Waals surface area contributed by atoms with Crippen LogP contribution >= 0.6 is 11.3 Å². The van der Waals surface area contributed by atoms with Crippen LogP contribution in [0.5, 0.6) is 0 Å². The summed E-state index contributed by atoms with van der Waals surface area (Å²) in [6, 6.07) is 6.26. The van der Waals surface area contributed by atoms with E-state index in [0.717, 1.165) is 21.7 Å². The van der Waals surface area contributed by atoms with Gasteiger partial charge in [0, 0.05) is 6.54 Å². The zero-order valence-corrected chi connectivity index (χ0v) is 24.4. The smallest absolute Gasteiger partial charge is 0.258 e. The number of likely N-dealkylation sites (tertiary alicyclic amines) is 1. The highest BCUT2D eigenvalue weighted by Crippen LogP contribution is 2.40. The van der Waals surface area contributed by atoms with Crippen LogP contribution in [0.4, 0.5) is 4.39 Å². The topological polar surface area (TPSA) is 91.4 Å². The minimum Gasteiger partial charge on any atom is -0.348 e. The number of alkyl halides is 1. The third-order valence-electron chi connectivity index (χ3n) is 7.10. The van der Waals surface area contributed by atoms with Crippen molar-refractivity contribution in [2.24, 2.45) is 5.41 Å². The Morgan fingerprint density at radius 2 is 1.76 bits per heavy atom. The summed E-state index contributed by atoms with van der Waals surface area (Å²) in [5.74, 6) is -1.30. The Bertz CT molecular complexity index is 1140. The molecule has 2 fully saturated rings. The van der Waals surface area contributed by atoms with Gasteiger partial charge in [0.1, 0.15) is 12.1 Å². The summed E-state index contributed by atoms with van der Waals surface area (Å²) in [4.78, 5) is 46.1. The Kier molecular flexibility index (Phi) is 9.34. The quantitative estimate of drug-likeness (QED) is 0.492. The number of aromatic nitrogens is 1. The van der Waals surface area contributed by atoms with Gasteiger partial charge in [0.05, 0.1) is 22.1 Å². The molecule has 0 spiro atoms. The van der Waals surface area contributed by atoms with E-state index in [1.165, 1.54) is 0 Å². The molecule has 2 N–H and O–H groups in total. The van der Waals surface area contributed by atoms with Gasteiger partial charge in [-0.25, -0.2) is 9.37 Å². The van der Waals surface area contributed by atoms with Crippen molar-refractivity contribution in [2.45, 2.75) is 97.9 Å². The molecular weight excluding hydrogens is 503 g/mol. The molecule has 1 aromatic heterocycles. The number of amides is 3. The van der Waals surface area contributed by atoms with Crippen LogP contribution in [-0.2, 0) is 14.4 Å². The highest BCUT2D eigenvalue weighted by molar-refractivity contribution is 7.13. The first-order valence-electron chi connectivity index (χ1n) is 13.5. The predicted octanol–water partition coefficient (Wildman–Crippen LogP) is 5.35. The van der Waals surface area contributed by atoms with Gasteiger partial charge in [-0.2, -0.15) is 0 Å². The van der Waals surface area contributed by atoms with Crippen molar-refractivity contribution in [3.8, 4) is 10.4 Å². The van der Waals surface area contributed by atoms with Crippen LogP contribution in [-0.4, -0.2) is 51.9 Å². The van der Waals surface area contributed by atoms with Crippen LogP contribution < -0.4 is 10.6 Å². The number of benzene rings is 1. The normalized spacial score (nSPS) is 19.6. The van der Waals surface area contributed by atoms with Gasteiger partial charge in [0.2, 0.25) is 11.8 Å². The summed E-state index contributed by atoms with van der Waals surface area (Å²) in [6.07, 6.45) is 1.60. The largest absolute Gasteiger partial charge is 0.348 e. The molecule has 0 radical (unpaired) electrons. The standard InChI is InChI=1S/C27H35FN4O3S.C2H6/c1-16(18-8-10-19(11-9-18)21-17(2)29-15-36-21)30-23(33)20-7-6-14-32(20)24(34)22(26(3,4)5)31-25(35)27(28)12-13-27;1-2/h8-11,15-16,20,22H,6-7,12-14H2,1-5H3,(H,30,33)(H,31,35);1-2H3. The van der Waals surface area contributed by atoms with Gasteiger partial charge in [-0.05, 0) is 56.1 Å². The number of carbonyl (C=O) groups is 3. The number of nitrogens with zero attached hydrogens (tertiary/aromatic N) is 2. The van der Waals surface area contributed by atoms with Crippen LogP contribution in [0.25, 0.3) is 10.4 Å². The van der Waals surface area contributed by atoms with Gasteiger partial charge >= 0.3 is 0 Å². The van der Waals surface area contributed by atoms with Crippen molar-refractivity contribution in [3.63, 3.8) is 0 Å². The lowest BCUT2D eigenvalue weighted by Crippen LogP contribution is -2.59. The first kappa shape index (κ1) is 29.7. The predicted molar refractivity (Wildman–Crippen MR) is 149 cm³/mol. The lowest BCUT2D eigenvalue weighted by Gasteiger charge is -2.36. The van der Waals surface area contributed by atoms with Gasteiger partial charge in [0.15, 0.2) is 5.67 Å². The van der Waals surface area contributed by atoms with E-state index in [9.17, 15) is 18.8 Å². The summed E-state index contributed by atoms with van der Waals surface area (Å²) in [5.41, 5.74) is 2.36. The van der Waals surface area contributed by atoms with Crippen molar-refractivity contribution in [3.05, 3.63) is 41.0 Å². The number of hydrogen-bond donors (Lipinski definition) is 2. The summed E-state index contributed by atoms with van der Waals surface area (Å²) >= 11 is 1.59. The van der Waals surface area contributed by atoms with Gasteiger partial charge in [0.25, 0.3) is 5.91 Å². The molecular formula is C29H41FN4O3S. The van der Waals surface area contributed by atoms with E-state index in [1.54, 1.807) is 16.2 Å². The fourth-order valence-corrected chi connectivity index (χ4v) is 5.42. The molecule has 38 heavy (non-hydrogen) atoms. The van der Waals surface area contributed by atoms with Gasteiger partial charge in [-0.3, -0.25) is 14.4 Å². The molecule has 1 saturated carbocycles. The molecule has 2 heterocycles. The third-order valence-corrected chi connectivity index (χ3v) is 8.08. The average Bonchev–Trinajstić information content (AvgIpc) is 3.26. The molecule has 3 amide bonds. The second-order valence-corrected chi connectivity index (χ2v) is 11.9. The van der Waals surface area contributed by atoms with Gasteiger partial charge in [-0.15, -0.1) is 11.3 Å². The molecule has 9 heteroatoms. The first-order valence-corrected chi connectivity index (χ1v) is 14.4. The highest BCUT2D eigenvalue weighted by atomic mass is 32.1. The highest BCUT2D eigenvalue weighted by Gasteiger charge is 2.53. The van der Waals surface area contributed by atoms with Crippen LogP contribution in [0, 0.1) is 12.3 Å². The van der Waals surface area contributed by atoms with E-state index in [-0.39, 0.29) is 30.7 Å². The molecule has 208 valence electrons. The lowest BCUT2D eigenvalue weighted by molar-refractivity contribution is -0.145. The van der Waals surface area contributed by atoms with Crippen LogP contribution in [0.15, 0.2) is 29.8 Å². The van der Waals surface area contributed by atoms with E-state index in [0.29, 0.717) is 19.4 Å². The van der Waals surface area contributed by atoms with Crippen molar-refractivity contribution in [1.29, 1.82) is 0 Å². The maximum atomic E-state index is 14.3. The first-order chi connectivity index (χ1) is 17.9. The minimum atomic E-state index is -1.87. The van der Waals surface area contributed by atoms with Crippen molar-refractivity contribution in [1.82, 2.24) is 20.5 Å². The fraction of sp³-hybridized carbons (Fsp3) is 0.586. The van der Waals surface area contributed by atoms with Gasteiger partial charge in [-0.1, -0.05) is 58.9 Å². The number of carbonyl (C=O) groups excluding carboxylic acids is 3. The maximum Gasteiger partial charge on any atom is 0.258 e. The Hall–Kier alpha value is -2.81. The fourth-order valence-electron chi connectivity index (χ4n) is 4.61. The number of halogens is 1. The number of rotatable bonds is 7. The maximum absolute atomic E-state index is 14.3. The van der Waals surface area contributed by atoms with Crippen LogP contribution in [0.3, 0.4) is 0 Å². The number of hydrogen-bond acceptors (Lipinski definition) is 5. The summed E-state index contributed by atoms with van der Waals surface area (Å²) in [6.45, 7) is 13.8. The number of aryl methyl sites for hydroxylation is 1. The Morgan fingerprint density at radius 3 is 2.29 bits per heavy atom. The summed E-state index contributed by atoms with van der Waals surface area (Å²) < 4.78 is 14.3. The number of nitrogens with one attached hydrogen (secondary N) is 2. The average molecular weight is 545 g/mol. The lowest BCUT2D eigenvalue weighted by atomic mass is 9.85. The molecule has 7 nitrogen and oxygen atoms in total. The van der Waals surface area contributed by atoms with Crippen molar-refractivity contribution < 1.29 is 18.8 Å². The number of thiazole rings is 1. The third kappa shape index (κ3) is 6.60. The zero-order valence-electron chi connectivity index (χ0n) is 23.6. The van der Waals surface area contributed by atoms with E-state index in [4.69, 9.17) is 0 Å². The van der Waals surface area contributed by atoms with E-state index >= 15 is 0 Å². The molecule has 4 rings (SSSR count). The SMILES string of the molecule is CC.Cc1ncsc1-c1ccc(C(C)NC(=O)C2CCCN2C(=O)C(NC(=O)C2(F)CC2)C(C)(C)C)cc1. The molecule has 1 aliphatic carbocycles. The van der Waals surface area contributed by atoms with Crippen molar-refractivity contribution >= 4 is 29.1 Å². The minimum absolute atomic E-state index is 0.182. The second-order valence-electron chi connectivity index (χ2n) is 11.0. The summed E-state index contributed by atoms with van der Waals surface area (Å²) in [5, 5.41) is 5.69. The molecule has 3 unspecified atom stereocenters. The molecule has 0 bridgehead atoms. The molecule has 1 saturated heterocycles. The molecule has 2 aliphatic rings. The summed E-state index contributed by atoms with van der Waals surface area (Å²) in [7, 11) is 0.